The van der Waals surface area contributed by atoms with Crippen molar-refractivity contribution in [3.8, 4) is 0 Å². The molecule has 2 saturated heterocycles. The molecule has 2 aromatic rings. The lowest BCUT2D eigenvalue weighted by atomic mass is 10.0. The van der Waals surface area contributed by atoms with Crippen LogP contribution in [0.2, 0.25) is 0 Å². The smallest absolute Gasteiger partial charge is 0.417 e. The van der Waals surface area contributed by atoms with Crippen molar-refractivity contribution < 1.29 is 28.7 Å². The van der Waals surface area contributed by atoms with E-state index in [-0.39, 0.29) is 44.4 Å². The van der Waals surface area contributed by atoms with Gasteiger partial charge in [-0.3, -0.25) is 9.59 Å². The number of rotatable bonds is 10. The first-order valence-electron chi connectivity index (χ1n) is 12.3. The molecule has 192 valence electrons. The Morgan fingerprint density at radius 1 is 0.838 bits per heavy atom. The van der Waals surface area contributed by atoms with Gasteiger partial charge >= 0.3 is 12.2 Å². The van der Waals surface area contributed by atoms with Crippen LogP contribution in [0.1, 0.15) is 30.4 Å². The van der Waals surface area contributed by atoms with Crippen LogP contribution < -0.4 is 0 Å². The lowest BCUT2D eigenvalue weighted by Crippen LogP contribution is -2.41. The molecule has 0 saturated carbocycles. The number of ether oxygens (including phenoxy) is 2. The van der Waals surface area contributed by atoms with E-state index in [0.717, 1.165) is 16.0 Å². The fourth-order valence-corrected chi connectivity index (χ4v) is 4.61. The second-order valence-electron chi connectivity index (χ2n) is 9.04. The monoisotopic (exact) mass is 502 g/mol. The highest BCUT2D eigenvalue weighted by Crippen LogP contribution is 2.23. The van der Waals surface area contributed by atoms with E-state index in [1.54, 1.807) is 12.2 Å². The Morgan fingerprint density at radius 3 is 1.89 bits per heavy atom. The summed E-state index contributed by atoms with van der Waals surface area (Å²) in [5, 5.41) is 0. The number of hydrogen-bond donors (Lipinski definition) is 0. The molecule has 2 fully saturated rings. The Labute approximate surface area is 216 Å². The first-order chi connectivity index (χ1) is 18.0. The van der Waals surface area contributed by atoms with E-state index >= 15 is 0 Å². The van der Waals surface area contributed by atoms with Gasteiger partial charge in [-0.15, -0.1) is 6.58 Å². The lowest BCUT2D eigenvalue weighted by Gasteiger charge is -2.21. The van der Waals surface area contributed by atoms with Gasteiger partial charge in [0.2, 0.25) is 5.91 Å². The minimum absolute atomic E-state index is 0.0200. The number of amides is 4. The summed E-state index contributed by atoms with van der Waals surface area (Å²) in [5.41, 5.74) is 2.35. The molecule has 0 spiro atoms. The van der Waals surface area contributed by atoms with Gasteiger partial charge in [-0.25, -0.2) is 19.4 Å². The zero-order valence-corrected chi connectivity index (χ0v) is 20.6. The van der Waals surface area contributed by atoms with Crippen molar-refractivity contribution in [2.24, 2.45) is 0 Å². The third kappa shape index (κ3) is 6.33. The fraction of sp³-hybridized carbons (Fsp3) is 0.310. The van der Waals surface area contributed by atoms with Crippen molar-refractivity contribution in [1.29, 1.82) is 0 Å². The molecule has 4 amide bonds. The van der Waals surface area contributed by atoms with Crippen LogP contribution in [0.5, 0.6) is 0 Å². The largest absolute Gasteiger partial charge is 0.447 e. The molecular formula is C29H30N2O6. The molecule has 8 nitrogen and oxygen atoms in total. The van der Waals surface area contributed by atoms with Crippen molar-refractivity contribution in [3.05, 3.63) is 96.1 Å². The van der Waals surface area contributed by atoms with E-state index in [1.807, 2.05) is 60.7 Å². The molecule has 2 heterocycles. The molecule has 2 aromatic carbocycles. The summed E-state index contributed by atoms with van der Waals surface area (Å²) in [7, 11) is 0. The van der Waals surface area contributed by atoms with Gasteiger partial charge in [0.1, 0.15) is 13.2 Å². The SMILES string of the molecule is C=CC/C(=C\CCC(=O)N1C(=O)OC[C@@H]1Cc1ccccc1)C(=O)N1C(=O)OC[C@@H]1Cc1ccccc1. The van der Waals surface area contributed by atoms with Crippen LogP contribution in [-0.4, -0.2) is 59.1 Å². The van der Waals surface area contributed by atoms with Gasteiger partial charge in [0.15, 0.2) is 0 Å². The summed E-state index contributed by atoms with van der Waals surface area (Å²) in [6, 6.07) is 18.4. The molecular weight excluding hydrogens is 472 g/mol. The minimum atomic E-state index is -0.680. The number of allylic oxidation sites excluding steroid dienone is 2. The minimum Gasteiger partial charge on any atom is -0.447 e. The van der Waals surface area contributed by atoms with Crippen molar-refractivity contribution >= 4 is 24.0 Å². The third-order valence-electron chi connectivity index (χ3n) is 6.43. The number of nitrogens with zero attached hydrogens (tertiary/aromatic N) is 2. The summed E-state index contributed by atoms with van der Waals surface area (Å²) in [6.07, 6.45) is 3.35. The highest BCUT2D eigenvalue weighted by Gasteiger charge is 2.39. The maximum absolute atomic E-state index is 13.3. The number of cyclic esters (lactones) is 2. The Morgan fingerprint density at radius 2 is 1.35 bits per heavy atom. The van der Waals surface area contributed by atoms with E-state index in [9.17, 15) is 19.2 Å². The molecule has 0 radical (unpaired) electrons. The number of carbonyl (C=O) groups is 4. The first-order valence-corrected chi connectivity index (χ1v) is 12.3. The lowest BCUT2D eigenvalue weighted by molar-refractivity contribution is -0.129. The van der Waals surface area contributed by atoms with Crippen LogP contribution in [0.25, 0.3) is 0 Å². The van der Waals surface area contributed by atoms with Gasteiger partial charge < -0.3 is 9.47 Å². The van der Waals surface area contributed by atoms with E-state index in [4.69, 9.17) is 9.47 Å². The average Bonchev–Trinajstić information content (AvgIpc) is 3.45. The van der Waals surface area contributed by atoms with Gasteiger partial charge in [-0.05, 0) is 36.8 Å². The highest BCUT2D eigenvalue weighted by molar-refractivity contribution is 6.03. The first kappa shape index (κ1) is 25.9. The predicted octanol–water partition coefficient (Wildman–Crippen LogP) is 4.45. The predicted molar refractivity (Wildman–Crippen MR) is 136 cm³/mol. The molecule has 0 aliphatic carbocycles. The molecule has 4 rings (SSSR count). The van der Waals surface area contributed by atoms with Gasteiger partial charge in [0.25, 0.3) is 5.91 Å². The molecule has 2 aliphatic rings. The van der Waals surface area contributed by atoms with Crippen LogP contribution in [-0.2, 0) is 31.9 Å². The number of hydrogen-bond acceptors (Lipinski definition) is 6. The summed E-state index contributed by atoms with van der Waals surface area (Å²) in [5.74, 6) is -0.828. The second-order valence-corrected chi connectivity index (χ2v) is 9.04. The van der Waals surface area contributed by atoms with Crippen LogP contribution in [0.4, 0.5) is 9.59 Å². The molecule has 8 heteroatoms. The van der Waals surface area contributed by atoms with Gasteiger partial charge in [0, 0.05) is 12.0 Å². The van der Waals surface area contributed by atoms with Crippen molar-refractivity contribution in [3.63, 3.8) is 0 Å². The molecule has 37 heavy (non-hydrogen) atoms. The molecule has 0 unspecified atom stereocenters. The van der Waals surface area contributed by atoms with E-state index in [0.29, 0.717) is 18.4 Å². The number of imide groups is 2. The molecule has 2 atom stereocenters. The Kier molecular flexibility index (Phi) is 8.51. The fourth-order valence-electron chi connectivity index (χ4n) is 4.61. The quantitative estimate of drug-likeness (QED) is 0.352. The zero-order chi connectivity index (χ0) is 26.2. The summed E-state index contributed by atoms with van der Waals surface area (Å²) in [4.78, 5) is 53.3. The summed E-state index contributed by atoms with van der Waals surface area (Å²) >= 11 is 0. The van der Waals surface area contributed by atoms with E-state index < -0.39 is 24.1 Å². The van der Waals surface area contributed by atoms with Gasteiger partial charge in [-0.1, -0.05) is 72.8 Å². The second kappa shape index (κ2) is 12.2. The molecule has 0 bridgehead atoms. The maximum atomic E-state index is 13.3. The molecule has 0 aromatic heterocycles. The number of carbonyl (C=O) groups excluding carboxylic acids is 4. The topological polar surface area (TPSA) is 93.2 Å². The normalized spacial score (nSPS) is 19.5. The third-order valence-corrected chi connectivity index (χ3v) is 6.43. The Hall–Kier alpha value is -4.20. The van der Waals surface area contributed by atoms with Crippen LogP contribution >= 0.6 is 0 Å². The van der Waals surface area contributed by atoms with E-state index in [2.05, 4.69) is 6.58 Å². The summed E-state index contributed by atoms with van der Waals surface area (Å²) in [6.45, 7) is 3.99. The van der Waals surface area contributed by atoms with Crippen molar-refractivity contribution in [2.75, 3.05) is 13.2 Å². The van der Waals surface area contributed by atoms with Gasteiger partial charge in [0.05, 0.1) is 12.1 Å². The summed E-state index contributed by atoms with van der Waals surface area (Å²) < 4.78 is 10.3. The Balaban J connectivity index is 1.40. The average molecular weight is 503 g/mol. The maximum Gasteiger partial charge on any atom is 0.417 e. The van der Waals surface area contributed by atoms with Crippen LogP contribution in [0, 0.1) is 0 Å². The molecule has 2 aliphatic heterocycles. The highest BCUT2D eigenvalue weighted by atomic mass is 16.6. The van der Waals surface area contributed by atoms with Gasteiger partial charge in [-0.2, -0.15) is 0 Å². The standard InChI is InChI=1S/C29H30N2O6/c1-2-10-23(27(33)31-25(20-37-29(31)35)18-22-13-7-4-8-14-22)15-9-16-26(32)30-24(19-36-28(30)34)17-21-11-5-3-6-12-21/h2-8,11-15,24-25H,1,9-10,16-20H2/b23-15+/t24-,25-/m0/s1. The van der Waals surface area contributed by atoms with Crippen molar-refractivity contribution in [1.82, 2.24) is 9.80 Å². The number of benzene rings is 2. The van der Waals surface area contributed by atoms with Crippen molar-refractivity contribution in [2.45, 2.75) is 44.2 Å². The Bertz CT molecular complexity index is 1180. The van der Waals surface area contributed by atoms with E-state index in [1.165, 1.54) is 4.90 Å². The van der Waals surface area contributed by atoms with Crippen LogP contribution in [0.3, 0.4) is 0 Å². The zero-order valence-electron chi connectivity index (χ0n) is 20.6. The van der Waals surface area contributed by atoms with Crippen LogP contribution in [0.15, 0.2) is 85.0 Å². The molecule has 0 N–H and O–H groups in total.